The van der Waals surface area contributed by atoms with Crippen LogP contribution in [0.4, 0.5) is 0 Å². The van der Waals surface area contributed by atoms with Crippen LogP contribution in [-0.4, -0.2) is 45.4 Å². The molecular formula is C12H14N2O3S. The molecule has 0 saturated carbocycles. The van der Waals surface area contributed by atoms with E-state index >= 15 is 0 Å². The van der Waals surface area contributed by atoms with Gasteiger partial charge in [0.1, 0.15) is 6.26 Å². The molecule has 0 amide bonds. The summed E-state index contributed by atoms with van der Waals surface area (Å²) in [7, 11) is 0. The second kappa shape index (κ2) is 4.81. The van der Waals surface area contributed by atoms with Crippen LogP contribution in [0, 0.1) is 0 Å². The van der Waals surface area contributed by atoms with E-state index in [2.05, 4.69) is 4.98 Å². The molecule has 0 aromatic carbocycles. The van der Waals surface area contributed by atoms with Gasteiger partial charge in [-0.15, -0.1) is 11.3 Å². The summed E-state index contributed by atoms with van der Waals surface area (Å²) in [5, 5.41) is 20.9. The summed E-state index contributed by atoms with van der Waals surface area (Å²) >= 11 is 1.58. The monoisotopic (exact) mass is 266 g/mol. The van der Waals surface area contributed by atoms with Crippen molar-refractivity contribution in [3.63, 3.8) is 0 Å². The molecule has 2 aromatic rings. The van der Waals surface area contributed by atoms with E-state index in [1.165, 1.54) is 0 Å². The summed E-state index contributed by atoms with van der Waals surface area (Å²) in [6.07, 6.45) is 0.314. The van der Waals surface area contributed by atoms with Gasteiger partial charge in [-0.2, -0.15) is 0 Å². The predicted molar refractivity (Wildman–Crippen MR) is 67.1 cm³/mol. The van der Waals surface area contributed by atoms with Crippen molar-refractivity contribution in [2.24, 2.45) is 0 Å². The van der Waals surface area contributed by atoms with Gasteiger partial charge in [0.2, 0.25) is 5.89 Å². The van der Waals surface area contributed by atoms with Crippen molar-refractivity contribution in [1.82, 2.24) is 9.88 Å². The van der Waals surface area contributed by atoms with Crippen molar-refractivity contribution >= 4 is 11.3 Å². The van der Waals surface area contributed by atoms with Crippen LogP contribution in [-0.2, 0) is 6.54 Å². The van der Waals surface area contributed by atoms with Gasteiger partial charge in [0.15, 0.2) is 0 Å². The van der Waals surface area contributed by atoms with Gasteiger partial charge in [0.25, 0.3) is 0 Å². The van der Waals surface area contributed by atoms with Crippen LogP contribution in [0.15, 0.2) is 28.2 Å². The number of β-amino-alcohol motifs (C(OH)–C–C–N with tert-alkyl or cyclic N) is 2. The fraction of sp³-hybridized carbons (Fsp3) is 0.417. The van der Waals surface area contributed by atoms with Crippen molar-refractivity contribution in [1.29, 1.82) is 0 Å². The molecule has 1 aliphatic rings. The zero-order valence-corrected chi connectivity index (χ0v) is 10.5. The Morgan fingerprint density at radius 1 is 1.39 bits per heavy atom. The minimum Gasteiger partial charge on any atom is -0.444 e. The van der Waals surface area contributed by atoms with E-state index in [0.717, 1.165) is 10.6 Å². The number of likely N-dealkylation sites (tertiary alicyclic amines) is 1. The number of aromatic nitrogens is 1. The SMILES string of the molecule is O[C@@H]1CN(Cc2coc(-c3cccs3)n2)C[C@@H]1O. The Bertz CT molecular complexity index is 501. The molecule has 0 unspecified atom stereocenters. The zero-order chi connectivity index (χ0) is 12.5. The Morgan fingerprint density at radius 2 is 2.17 bits per heavy atom. The third kappa shape index (κ3) is 2.32. The van der Waals surface area contributed by atoms with Crippen molar-refractivity contribution < 1.29 is 14.6 Å². The normalized spacial score (nSPS) is 24.8. The number of nitrogens with zero attached hydrogens (tertiary/aromatic N) is 2. The van der Waals surface area contributed by atoms with Crippen LogP contribution in [0.1, 0.15) is 5.69 Å². The lowest BCUT2D eigenvalue weighted by atomic mass is 10.3. The quantitative estimate of drug-likeness (QED) is 0.865. The topological polar surface area (TPSA) is 69.7 Å². The molecule has 2 aromatic heterocycles. The lowest BCUT2D eigenvalue weighted by Crippen LogP contribution is -2.22. The summed E-state index contributed by atoms with van der Waals surface area (Å²) in [6.45, 7) is 1.54. The van der Waals surface area contributed by atoms with E-state index in [-0.39, 0.29) is 0 Å². The van der Waals surface area contributed by atoms with Gasteiger partial charge in [-0.1, -0.05) is 6.07 Å². The third-order valence-electron chi connectivity index (χ3n) is 3.00. The zero-order valence-electron chi connectivity index (χ0n) is 9.69. The van der Waals surface area contributed by atoms with Crippen LogP contribution in [0.3, 0.4) is 0 Å². The fourth-order valence-corrected chi connectivity index (χ4v) is 2.75. The first-order valence-electron chi connectivity index (χ1n) is 5.79. The third-order valence-corrected chi connectivity index (χ3v) is 3.86. The summed E-state index contributed by atoms with van der Waals surface area (Å²) in [5.41, 5.74) is 0.819. The summed E-state index contributed by atoms with van der Waals surface area (Å²) < 4.78 is 5.42. The summed E-state index contributed by atoms with van der Waals surface area (Å²) in [4.78, 5) is 7.37. The lowest BCUT2D eigenvalue weighted by Gasteiger charge is -2.11. The first-order chi connectivity index (χ1) is 8.72. The Kier molecular flexibility index (Phi) is 3.17. The molecule has 2 atom stereocenters. The van der Waals surface area contributed by atoms with E-state index in [9.17, 15) is 10.2 Å². The number of aliphatic hydroxyl groups excluding tert-OH is 2. The molecule has 1 saturated heterocycles. The molecular weight excluding hydrogens is 252 g/mol. The fourth-order valence-electron chi connectivity index (χ4n) is 2.10. The van der Waals surface area contributed by atoms with Crippen molar-refractivity contribution in [2.45, 2.75) is 18.8 Å². The number of thiophene rings is 1. The van der Waals surface area contributed by atoms with E-state index in [4.69, 9.17) is 4.42 Å². The standard InChI is InChI=1S/C12H14N2O3S/c15-9-5-14(6-10(9)16)4-8-7-17-12(13-8)11-2-1-3-18-11/h1-3,7,9-10,15-16H,4-6H2/t9-,10+. The smallest absolute Gasteiger partial charge is 0.236 e. The Hall–Kier alpha value is -1.21. The van der Waals surface area contributed by atoms with E-state index in [0.29, 0.717) is 25.5 Å². The number of rotatable bonds is 3. The molecule has 1 aliphatic heterocycles. The van der Waals surface area contributed by atoms with Crippen LogP contribution in [0.25, 0.3) is 10.8 Å². The van der Waals surface area contributed by atoms with Crippen LogP contribution >= 0.6 is 11.3 Å². The van der Waals surface area contributed by atoms with E-state index in [1.54, 1.807) is 17.6 Å². The van der Waals surface area contributed by atoms with Gasteiger partial charge in [-0.3, -0.25) is 4.90 Å². The minimum atomic E-state index is -0.659. The highest BCUT2D eigenvalue weighted by molar-refractivity contribution is 7.13. The summed E-state index contributed by atoms with van der Waals surface area (Å²) in [6, 6.07) is 3.92. The van der Waals surface area contributed by atoms with E-state index < -0.39 is 12.2 Å². The number of oxazole rings is 1. The average Bonchev–Trinajstić information content (AvgIpc) is 3.02. The largest absolute Gasteiger partial charge is 0.444 e. The van der Waals surface area contributed by atoms with Crippen molar-refractivity contribution in [2.75, 3.05) is 13.1 Å². The molecule has 2 N–H and O–H groups in total. The second-order valence-corrected chi connectivity index (χ2v) is 5.40. The van der Waals surface area contributed by atoms with E-state index in [1.807, 2.05) is 22.4 Å². The number of hydrogen-bond acceptors (Lipinski definition) is 6. The molecule has 18 heavy (non-hydrogen) atoms. The first-order valence-corrected chi connectivity index (χ1v) is 6.67. The Labute approximate surface area is 108 Å². The van der Waals surface area contributed by atoms with Gasteiger partial charge in [-0.05, 0) is 11.4 Å². The molecule has 0 radical (unpaired) electrons. The molecule has 5 nitrogen and oxygen atoms in total. The van der Waals surface area contributed by atoms with Gasteiger partial charge in [0.05, 0.1) is 22.8 Å². The maximum Gasteiger partial charge on any atom is 0.236 e. The van der Waals surface area contributed by atoms with Crippen LogP contribution < -0.4 is 0 Å². The predicted octanol–water partition coefficient (Wildman–Crippen LogP) is 0.940. The highest BCUT2D eigenvalue weighted by atomic mass is 32.1. The van der Waals surface area contributed by atoms with Crippen molar-refractivity contribution in [3.05, 3.63) is 29.5 Å². The molecule has 0 bridgehead atoms. The van der Waals surface area contributed by atoms with Crippen LogP contribution in [0.2, 0.25) is 0 Å². The maximum absolute atomic E-state index is 9.47. The molecule has 0 spiro atoms. The highest BCUT2D eigenvalue weighted by Crippen LogP contribution is 2.24. The summed E-state index contributed by atoms with van der Waals surface area (Å²) in [5.74, 6) is 0.625. The van der Waals surface area contributed by atoms with Crippen LogP contribution in [0.5, 0.6) is 0 Å². The Morgan fingerprint density at radius 3 is 2.83 bits per heavy atom. The van der Waals surface area contributed by atoms with Gasteiger partial charge < -0.3 is 14.6 Å². The van der Waals surface area contributed by atoms with Gasteiger partial charge >= 0.3 is 0 Å². The molecule has 3 rings (SSSR count). The first kappa shape index (κ1) is 11.9. The Balaban J connectivity index is 1.68. The number of aliphatic hydroxyl groups is 2. The molecule has 96 valence electrons. The maximum atomic E-state index is 9.47. The highest BCUT2D eigenvalue weighted by Gasteiger charge is 2.29. The average molecular weight is 266 g/mol. The lowest BCUT2D eigenvalue weighted by molar-refractivity contribution is 0.0572. The van der Waals surface area contributed by atoms with Gasteiger partial charge in [0, 0.05) is 19.6 Å². The molecule has 1 fully saturated rings. The number of hydrogen-bond donors (Lipinski definition) is 2. The molecule has 0 aliphatic carbocycles. The molecule has 6 heteroatoms. The second-order valence-electron chi connectivity index (χ2n) is 4.45. The van der Waals surface area contributed by atoms with Gasteiger partial charge in [-0.25, -0.2) is 4.98 Å². The van der Waals surface area contributed by atoms with Crippen molar-refractivity contribution in [3.8, 4) is 10.8 Å². The molecule has 3 heterocycles. The minimum absolute atomic E-state index is 0.475.